The molecular formula is C21H29N3O3S. The standard InChI is InChI=1S/C21H29N3O3S/c1-3-24-20(26)23(14-16-5-4-6-18(13-16)27-2)19(25)21(24)8-10-22(11-9-21)17-7-12-28-15-17/h4-6,13,17H,3,7-12,14-15H2,1-2H3/t17-/m1/s1. The predicted octanol–water partition coefficient (Wildman–Crippen LogP) is 2.82. The van der Waals surface area contributed by atoms with Crippen LogP contribution in [0.25, 0.3) is 0 Å². The number of imide groups is 1. The van der Waals surface area contributed by atoms with Crippen molar-refractivity contribution >= 4 is 23.7 Å². The van der Waals surface area contributed by atoms with Gasteiger partial charge in [-0.3, -0.25) is 14.6 Å². The number of urea groups is 1. The van der Waals surface area contributed by atoms with Gasteiger partial charge in [0.05, 0.1) is 13.7 Å². The van der Waals surface area contributed by atoms with Gasteiger partial charge in [0.15, 0.2) is 0 Å². The Bertz CT molecular complexity index is 742. The number of likely N-dealkylation sites (tertiary alicyclic amines) is 1. The van der Waals surface area contributed by atoms with Crippen molar-refractivity contribution in [3.8, 4) is 5.75 Å². The molecule has 152 valence electrons. The average molecular weight is 404 g/mol. The first-order valence-corrected chi connectivity index (χ1v) is 11.3. The minimum absolute atomic E-state index is 0.0254. The summed E-state index contributed by atoms with van der Waals surface area (Å²) in [5.41, 5.74) is 0.252. The van der Waals surface area contributed by atoms with E-state index in [2.05, 4.69) is 4.90 Å². The third kappa shape index (κ3) is 3.28. The molecule has 1 aromatic carbocycles. The van der Waals surface area contributed by atoms with Crippen LogP contribution in [0.2, 0.25) is 0 Å². The molecule has 0 bridgehead atoms. The van der Waals surface area contributed by atoms with E-state index < -0.39 is 5.54 Å². The lowest BCUT2D eigenvalue weighted by atomic mass is 9.85. The first-order chi connectivity index (χ1) is 13.6. The fourth-order valence-electron chi connectivity index (χ4n) is 4.87. The molecule has 4 rings (SSSR count). The zero-order valence-corrected chi connectivity index (χ0v) is 17.5. The first-order valence-electron chi connectivity index (χ1n) is 10.2. The lowest BCUT2D eigenvalue weighted by molar-refractivity contribution is -0.136. The van der Waals surface area contributed by atoms with Gasteiger partial charge in [-0.2, -0.15) is 11.8 Å². The van der Waals surface area contributed by atoms with E-state index in [-0.39, 0.29) is 11.9 Å². The molecule has 3 saturated heterocycles. The van der Waals surface area contributed by atoms with E-state index in [1.807, 2.05) is 47.9 Å². The van der Waals surface area contributed by atoms with Crippen LogP contribution in [0.4, 0.5) is 4.79 Å². The third-order valence-corrected chi connectivity index (χ3v) is 7.60. The summed E-state index contributed by atoms with van der Waals surface area (Å²) in [5, 5.41) is 0. The molecule has 0 N–H and O–H groups in total. The van der Waals surface area contributed by atoms with Gasteiger partial charge >= 0.3 is 6.03 Å². The Hall–Kier alpha value is -1.73. The van der Waals surface area contributed by atoms with Crippen molar-refractivity contribution in [3.63, 3.8) is 0 Å². The maximum atomic E-state index is 13.5. The molecule has 3 heterocycles. The summed E-state index contributed by atoms with van der Waals surface area (Å²) in [6.45, 7) is 4.64. The van der Waals surface area contributed by atoms with E-state index >= 15 is 0 Å². The fourth-order valence-corrected chi connectivity index (χ4v) is 6.12. The highest BCUT2D eigenvalue weighted by atomic mass is 32.2. The molecule has 7 heteroatoms. The van der Waals surface area contributed by atoms with Crippen molar-refractivity contribution in [2.24, 2.45) is 0 Å². The van der Waals surface area contributed by atoms with Gasteiger partial charge in [-0.25, -0.2) is 4.79 Å². The van der Waals surface area contributed by atoms with E-state index in [1.54, 1.807) is 7.11 Å². The highest BCUT2D eigenvalue weighted by Gasteiger charge is 2.57. The number of amides is 3. The lowest BCUT2D eigenvalue weighted by Gasteiger charge is -2.43. The maximum absolute atomic E-state index is 13.5. The van der Waals surface area contributed by atoms with Crippen LogP contribution in [0.3, 0.4) is 0 Å². The van der Waals surface area contributed by atoms with Gasteiger partial charge in [0.2, 0.25) is 0 Å². The summed E-state index contributed by atoms with van der Waals surface area (Å²) < 4.78 is 5.28. The molecule has 3 aliphatic heterocycles. The smallest absolute Gasteiger partial charge is 0.327 e. The van der Waals surface area contributed by atoms with E-state index in [0.717, 1.165) is 37.2 Å². The monoisotopic (exact) mass is 403 g/mol. The molecule has 28 heavy (non-hydrogen) atoms. The van der Waals surface area contributed by atoms with Gasteiger partial charge in [0, 0.05) is 31.4 Å². The summed E-state index contributed by atoms with van der Waals surface area (Å²) in [6.07, 6.45) is 2.71. The summed E-state index contributed by atoms with van der Waals surface area (Å²) in [5.74, 6) is 3.14. The van der Waals surface area contributed by atoms with Crippen LogP contribution in [0.1, 0.15) is 31.7 Å². The molecule has 1 aromatic rings. The van der Waals surface area contributed by atoms with E-state index in [1.165, 1.54) is 22.8 Å². The number of nitrogens with zero attached hydrogens (tertiary/aromatic N) is 3. The second-order valence-corrected chi connectivity index (χ2v) is 9.00. The number of piperidine rings is 1. The van der Waals surface area contributed by atoms with Crippen molar-refractivity contribution < 1.29 is 14.3 Å². The largest absolute Gasteiger partial charge is 0.497 e. The SMILES string of the molecule is CCN1C(=O)N(Cc2cccc(OC)c2)C(=O)C12CCN([C@@H]1CCSC1)CC2. The summed E-state index contributed by atoms with van der Waals surface area (Å²) in [7, 11) is 1.62. The molecule has 6 nitrogen and oxygen atoms in total. The fraction of sp³-hybridized carbons (Fsp3) is 0.619. The van der Waals surface area contributed by atoms with Gasteiger partial charge in [-0.15, -0.1) is 0 Å². The third-order valence-electron chi connectivity index (χ3n) is 6.46. The average Bonchev–Trinajstić information content (AvgIpc) is 3.32. The molecule has 0 radical (unpaired) electrons. The quantitative estimate of drug-likeness (QED) is 0.708. The van der Waals surface area contributed by atoms with Crippen LogP contribution in [-0.4, -0.2) is 76.5 Å². The zero-order chi connectivity index (χ0) is 19.7. The van der Waals surface area contributed by atoms with Crippen molar-refractivity contribution in [1.82, 2.24) is 14.7 Å². The maximum Gasteiger partial charge on any atom is 0.327 e. The second kappa shape index (κ2) is 7.95. The predicted molar refractivity (Wildman–Crippen MR) is 111 cm³/mol. The van der Waals surface area contributed by atoms with Crippen molar-refractivity contribution in [3.05, 3.63) is 29.8 Å². The summed E-state index contributed by atoms with van der Waals surface area (Å²) >= 11 is 2.02. The van der Waals surface area contributed by atoms with Crippen LogP contribution < -0.4 is 4.74 Å². The number of benzene rings is 1. The highest BCUT2D eigenvalue weighted by Crippen LogP contribution is 2.39. The molecule has 1 atom stereocenters. The van der Waals surface area contributed by atoms with Crippen molar-refractivity contribution in [2.75, 3.05) is 38.2 Å². The van der Waals surface area contributed by atoms with Crippen LogP contribution in [0.5, 0.6) is 5.75 Å². The summed E-state index contributed by atoms with van der Waals surface area (Å²) in [4.78, 5) is 32.3. The van der Waals surface area contributed by atoms with Gasteiger partial charge < -0.3 is 9.64 Å². The van der Waals surface area contributed by atoms with Crippen LogP contribution in [0, 0.1) is 0 Å². The Morgan fingerprint density at radius 2 is 2.04 bits per heavy atom. The van der Waals surface area contributed by atoms with Gasteiger partial charge in [-0.1, -0.05) is 12.1 Å². The van der Waals surface area contributed by atoms with Crippen molar-refractivity contribution in [1.29, 1.82) is 0 Å². The van der Waals surface area contributed by atoms with E-state index in [4.69, 9.17) is 4.74 Å². The van der Waals surface area contributed by atoms with E-state index in [0.29, 0.717) is 19.1 Å². The van der Waals surface area contributed by atoms with Crippen molar-refractivity contribution in [2.45, 2.75) is 44.3 Å². The number of rotatable bonds is 5. The topological polar surface area (TPSA) is 53.1 Å². The molecule has 3 aliphatic rings. The number of hydrogen-bond donors (Lipinski definition) is 0. The Labute approximate surface area is 171 Å². The molecule has 3 amide bonds. The number of likely N-dealkylation sites (N-methyl/N-ethyl adjacent to an activating group) is 1. The minimum atomic E-state index is -0.660. The molecule has 0 unspecified atom stereocenters. The molecular weight excluding hydrogens is 374 g/mol. The van der Waals surface area contributed by atoms with Crippen LogP contribution in [0.15, 0.2) is 24.3 Å². The molecule has 0 aliphatic carbocycles. The molecule has 1 spiro atoms. The van der Waals surface area contributed by atoms with Crippen LogP contribution in [-0.2, 0) is 11.3 Å². The molecule has 0 aromatic heterocycles. The number of ether oxygens (including phenoxy) is 1. The van der Waals surface area contributed by atoms with E-state index in [9.17, 15) is 9.59 Å². The van der Waals surface area contributed by atoms with Gasteiger partial charge in [0.25, 0.3) is 5.91 Å². The number of carbonyl (C=O) groups excluding carboxylic acids is 2. The number of methoxy groups -OCH3 is 1. The number of carbonyl (C=O) groups is 2. The molecule has 3 fully saturated rings. The first kappa shape index (κ1) is 19.6. The summed E-state index contributed by atoms with van der Waals surface area (Å²) in [6, 6.07) is 8.07. The Balaban J connectivity index is 1.52. The second-order valence-electron chi connectivity index (χ2n) is 7.85. The number of thioether (sulfide) groups is 1. The minimum Gasteiger partial charge on any atom is -0.497 e. The lowest BCUT2D eigenvalue weighted by Crippen LogP contribution is -2.57. The van der Waals surface area contributed by atoms with Gasteiger partial charge in [-0.05, 0) is 49.6 Å². The molecule has 0 saturated carbocycles. The van der Waals surface area contributed by atoms with Gasteiger partial charge in [0.1, 0.15) is 11.3 Å². The number of hydrogen-bond acceptors (Lipinski definition) is 5. The van der Waals surface area contributed by atoms with Crippen LogP contribution >= 0.6 is 11.8 Å². The zero-order valence-electron chi connectivity index (χ0n) is 16.7. The Morgan fingerprint density at radius 3 is 2.68 bits per heavy atom. The Kier molecular flexibility index (Phi) is 5.56. The highest BCUT2D eigenvalue weighted by molar-refractivity contribution is 7.99. The Morgan fingerprint density at radius 1 is 1.25 bits per heavy atom. The normalized spacial score (nSPS) is 25.1.